The molecule has 0 spiro atoms. The van der Waals surface area contributed by atoms with E-state index in [4.69, 9.17) is 34.8 Å². The molecule has 0 fully saturated rings. The molecule has 0 bridgehead atoms. The molecule has 0 unspecified atom stereocenters. The maximum atomic E-state index is 12.3. The second kappa shape index (κ2) is 7.97. The minimum Gasteiger partial charge on any atom is -0.336 e. The summed E-state index contributed by atoms with van der Waals surface area (Å²) in [6, 6.07) is 7.21. The van der Waals surface area contributed by atoms with Crippen molar-refractivity contribution in [2.45, 2.75) is 9.17 Å². The summed E-state index contributed by atoms with van der Waals surface area (Å²) in [5.41, 5.74) is 0.530. The van der Waals surface area contributed by atoms with Crippen molar-refractivity contribution in [1.82, 2.24) is 5.32 Å². The number of hydrogen-bond donors (Lipinski definition) is 1. The fraction of sp³-hybridized carbons (Fsp3) is 0.333. The van der Waals surface area contributed by atoms with Crippen molar-refractivity contribution in [3.63, 3.8) is 0 Å². The molecule has 0 aromatic heterocycles. The van der Waals surface area contributed by atoms with Gasteiger partial charge in [0.15, 0.2) is 0 Å². The summed E-state index contributed by atoms with van der Waals surface area (Å²) in [7, 11) is 0. The largest absolute Gasteiger partial charge is 0.336 e. The number of alkyl halides is 3. The highest BCUT2D eigenvalue weighted by atomic mass is 127. The molecule has 0 saturated heterocycles. The van der Waals surface area contributed by atoms with E-state index in [2.05, 4.69) is 32.9 Å². The normalized spacial score (nSPS) is 16.5. The Hall–Kier alpha value is 0.660. The Balaban J connectivity index is 2.09. The smallest absolute Gasteiger partial charge is 0.252 e. The van der Waals surface area contributed by atoms with E-state index < -0.39 is 9.17 Å². The van der Waals surface area contributed by atoms with E-state index in [1.54, 1.807) is 23.9 Å². The van der Waals surface area contributed by atoms with E-state index in [1.165, 1.54) is 11.8 Å². The summed E-state index contributed by atoms with van der Waals surface area (Å²) in [4.78, 5) is 16.6. The van der Waals surface area contributed by atoms with Crippen LogP contribution in [0.3, 0.4) is 0 Å². The Bertz CT molecular complexity index is 566. The van der Waals surface area contributed by atoms with Crippen molar-refractivity contribution < 1.29 is 4.79 Å². The first kappa shape index (κ1) is 18.0. The average molecular weight is 496 g/mol. The quantitative estimate of drug-likeness (QED) is 0.380. The van der Waals surface area contributed by atoms with Crippen LogP contribution in [0.1, 0.15) is 10.4 Å². The van der Waals surface area contributed by atoms with Gasteiger partial charge >= 0.3 is 0 Å². The van der Waals surface area contributed by atoms with E-state index in [0.29, 0.717) is 5.56 Å². The zero-order valence-corrected chi connectivity index (χ0v) is 16.5. The molecule has 114 valence electrons. The van der Waals surface area contributed by atoms with Crippen LogP contribution in [-0.2, 0) is 0 Å². The van der Waals surface area contributed by atoms with Gasteiger partial charge in [-0.2, -0.15) is 0 Å². The molecule has 3 nitrogen and oxygen atoms in total. The summed E-state index contributed by atoms with van der Waals surface area (Å²) in [6.45, 7) is 0.754. The first-order valence-corrected chi connectivity index (χ1v) is 9.91. The predicted molar refractivity (Wildman–Crippen MR) is 103 cm³/mol. The van der Waals surface area contributed by atoms with Gasteiger partial charge in [0, 0.05) is 14.9 Å². The molecule has 1 aromatic rings. The Labute approximate surface area is 160 Å². The van der Waals surface area contributed by atoms with E-state index in [1.807, 2.05) is 12.1 Å². The van der Waals surface area contributed by atoms with Crippen LogP contribution in [-0.4, -0.2) is 31.7 Å². The van der Waals surface area contributed by atoms with E-state index in [9.17, 15) is 4.79 Å². The van der Waals surface area contributed by atoms with Gasteiger partial charge in [0.1, 0.15) is 9.75 Å². The number of thioether (sulfide) groups is 2. The zero-order chi connectivity index (χ0) is 15.5. The molecule has 2 rings (SSSR count). The number of rotatable bonds is 3. The molecular formula is C12H10Cl3IN2OS2. The maximum Gasteiger partial charge on any atom is 0.252 e. The van der Waals surface area contributed by atoms with Crippen LogP contribution in [0.15, 0.2) is 29.3 Å². The van der Waals surface area contributed by atoms with E-state index in [0.717, 1.165) is 20.2 Å². The van der Waals surface area contributed by atoms with Crippen LogP contribution < -0.4 is 5.32 Å². The molecule has 1 heterocycles. The van der Waals surface area contributed by atoms with E-state index in [-0.39, 0.29) is 5.91 Å². The monoisotopic (exact) mass is 494 g/mol. The molecule has 1 aliphatic rings. The van der Waals surface area contributed by atoms with Crippen LogP contribution in [0.25, 0.3) is 0 Å². The van der Waals surface area contributed by atoms with Crippen molar-refractivity contribution in [2.75, 3.05) is 12.3 Å². The number of nitrogens with one attached hydrogen (secondary N) is 1. The Morgan fingerprint density at radius 3 is 2.81 bits per heavy atom. The van der Waals surface area contributed by atoms with Gasteiger partial charge < -0.3 is 5.32 Å². The summed E-state index contributed by atoms with van der Waals surface area (Å²) >= 11 is 22.9. The molecule has 1 N–H and O–H groups in total. The lowest BCUT2D eigenvalue weighted by Gasteiger charge is -2.24. The third kappa shape index (κ3) is 5.66. The van der Waals surface area contributed by atoms with Crippen LogP contribution in [0.4, 0.5) is 0 Å². The van der Waals surface area contributed by atoms with Crippen molar-refractivity contribution in [3.8, 4) is 0 Å². The van der Waals surface area contributed by atoms with Gasteiger partial charge in [0.2, 0.25) is 3.79 Å². The topological polar surface area (TPSA) is 41.5 Å². The van der Waals surface area contributed by atoms with Crippen LogP contribution in [0, 0.1) is 3.57 Å². The summed E-state index contributed by atoms with van der Waals surface area (Å²) < 4.78 is 0.178. The van der Waals surface area contributed by atoms with Gasteiger partial charge in [0.05, 0.1) is 6.54 Å². The molecule has 21 heavy (non-hydrogen) atoms. The maximum absolute atomic E-state index is 12.3. The van der Waals surface area contributed by atoms with Crippen molar-refractivity contribution in [2.24, 2.45) is 4.99 Å². The van der Waals surface area contributed by atoms with Crippen LogP contribution >= 0.6 is 80.9 Å². The Morgan fingerprint density at radius 2 is 2.24 bits per heavy atom. The Kier molecular flexibility index (Phi) is 6.83. The lowest BCUT2D eigenvalue weighted by atomic mass is 10.2. The number of carbonyl (C=O) groups is 1. The molecule has 0 radical (unpaired) electrons. The summed E-state index contributed by atoms with van der Waals surface area (Å²) in [6.07, 6.45) is 0. The SMILES string of the molecule is O=C(N[C@H](SC1=NCCS1)C(Cl)(Cl)Cl)c1cccc(I)c1. The molecule has 1 aromatic carbocycles. The van der Waals surface area contributed by atoms with Crippen molar-refractivity contribution >= 4 is 91.2 Å². The third-order valence-electron chi connectivity index (χ3n) is 2.42. The first-order valence-electron chi connectivity index (χ1n) is 5.83. The van der Waals surface area contributed by atoms with Gasteiger partial charge in [-0.3, -0.25) is 9.79 Å². The number of benzene rings is 1. The summed E-state index contributed by atoms with van der Waals surface area (Å²) in [5.74, 6) is 0.639. The Morgan fingerprint density at radius 1 is 1.48 bits per heavy atom. The molecule has 1 atom stereocenters. The lowest BCUT2D eigenvalue weighted by Crippen LogP contribution is -2.41. The second-order valence-electron chi connectivity index (χ2n) is 4.02. The minimum absolute atomic E-state index is 0.277. The fourth-order valence-electron chi connectivity index (χ4n) is 1.50. The molecule has 9 heteroatoms. The van der Waals surface area contributed by atoms with Crippen molar-refractivity contribution in [1.29, 1.82) is 0 Å². The highest BCUT2D eigenvalue weighted by Crippen LogP contribution is 2.39. The van der Waals surface area contributed by atoms with Crippen molar-refractivity contribution in [3.05, 3.63) is 33.4 Å². The molecular weight excluding hydrogens is 486 g/mol. The second-order valence-corrected chi connectivity index (χ2v) is 10.1. The standard InChI is InChI=1S/C12H10Cl3IN2OS2/c13-12(14,15)10(21-11-17-4-5-20-11)18-9(19)7-2-1-3-8(16)6-7/h1-3,6,10H,4-5H2,(H,18,19)/t10-/m1/s1. The molecule has 0 saturated carbocycles. The number of aliphatic imine (C=N–C) groups is 1. The van der Waals surface area contributed by atoms with Gasteiger partial charge in [-0.15, -0.1) is 0 Å². The molecule has 1 aliphatic heterocycles. The number of halogens is 4. The van der Waals surface area contributed by atoms with Gasteiger partial charge in [-0.1, -0.05) is 64.4 Å². The van der Waals surface area contributed by atoms with Gasteiger partial charge in [-0.05, 0) is 40.8 Å². The highest BCUT2D eigenvalue weighted by molar-refractivity contribution is 14.1. The summed E-state index contributed by atoms with van der Waals surface area (Å²) in [5, 5.41) is 2.06. The molecule has 0 aliphatic carbocycles. The van der Waals surface area contributed by atoms with E-state index >= 15 is 0 Å². The van der Waals surface area contributed by atoms with Gasteiger partial charge in [0.25, 0.3) is 5.91 Å². The number of amides is 1. The minimum atomic E-state index is -1.62. The highest BCUT2D eigenvalue weighted by Gasteiger charge is 2.36. The predicted octanol–water partition coefficient (Wildman–Crippen LogP) is 4.55. The number of nitrogens with zero attached hydrogens (tertiary/aromatic N) is 1. The fourth-order valence-corrected chi connectivity index (χ4v) is 4.62. The van der Waals surface area contributed by atoms with Crippen LogP contribution in [0.2, 0.25) is 0 Å². The lowest BCUT2D eigenvalue weighted by molar-refractivity contribution is 0.0950. The molecule has 1 amide bonds. The third-order valence-corrected chi connectivity index (χ3v) is 6.58. The first-order chi connectivity index (χ1) is 9.86. The van der Waals surface area contributed by atoms with Gasteiger partial charge in [-0.25, -0.2) is 0 Å². The zero-order valence-electron chi connectivity index (χ0n) is 10.5. The number of hydrogen-bond acceptors (Lipinski definition) is 4. The van der Waals surface area contributed by atoms with Crippen LogP contribution in [0.5, 0.6) is 0 Å². The average Bonchev–Trinajstić information content (AvgIpc) is 2.89. The number of carbonyl (C=O) groups excluding carboxylic acids is 1.